The van der Waals surface area contributed by atoms with Crippen LogP contribution in [0.15, 0.2) is 0 Å². The molecular formula is C18H40N2O6S4. The fraction of sp³-hybridized carbons (Fsp3) is 1.00. The van der Waals surface area contributed by atoms with Crippen molar-refractivity contribution in [3.05, 3.63) is 0 Å². The minimum atomic E-state index is -3.57. The molecule has 0 saturated carbocycles. The van der Waals surface area contributed by atoms with Crippen LogP contribution in [0.4, 0.5) is 0 Å². The molecule has 0 spiro atoms. The predicted octanol–water partition coefficient (Wildman–Crippen LogP) is 2.59. The lowest BCUT2D eigenvalue weighted by Gasteiger charge is -2.18. The summed E-state index contributed by atoms with van der Waals surface area (Å²) in [4.78, 5) is 0. The van der Waals surface area contributed by atoms with Crippen molar-refractivity contribution < 1.29 is 25.2 Å². The lowest BCUT2D eigenvalue weighted by Crippen LogP contribution is -2.29. The Morgan fingerprint density at radius 2 is 1.00 bits per heavy atom. The van der Waals surface area contributed by atoms with Crippen molar-refractivity contribution in [2.75, 3.05) is 36.2 Å². The molecule has 0 rings (SSSR count). The molecule has 0 heterocycles. The highest BCUT2D eigenvalue weighted by Crippen LogP contribution is 2.24. The van der Waals surface area contributed by atoms with Crippen LogP contribution in [0.25, 0.3) is 0 Å². The zero-order valence-corrected chi connectivity index (χ0v) is 22.3. The van der Waals surface area contributed by atoms with Gasteiger partial charge in [0.15, 0.2) is 0 Å². The van der Waals surface area contributed by atoms with E-state index in [1.807, 2.05) is 41.5 Å². The van der Waals surface area contributed by atoms with Crippen molar-refractivity contribution in [3.8, 4) is 0 Å². The molecule has 30 heavy (non-hydrogen) atoms. The summed E-state index contributed by atoms with van der Waals surface area (Å²) in [7, 11) is -4.15. The van der Waals surface area contributed by atoms with E-state index in [-0.39, 0.29) is 47.6 Å². The van der Waals surface area contributed by atoms with E-state index in [9.17, 15) is 16.8 Å². The second-order valence-electron chi connectivity index (χ2n) is 9.84. The molecule has 0 aliphatic rings. The average molecular weight is 509 g/mol. The Hall–Kier alpha value is 0.440. The average Bonchev–Trinajstić information content (AvgIpc) is 2.58. The molecule has 0 fully saturated rings. The first-order valence-corrected chi connectivity index (χ1v) is 15.5. The van der Waals surface area contributed by atoms with Gasteiger partial charge in [-0.1, -0.05) is 63.1 Å². The Bertz CT molecular complexity index is 624. The molecule has 0 aromatic rings. The molecule has 0 amide bonds. The van der Waals surface area contributed by atoms with E-state index in [0.717, 1.165) is 0 Å². The van der Waals surface area contributed by atoms with Crippen molar-refractivity contribution in [2.24, 2.45) is 22.3 Å². The van der Waals surface area contributed by atoms with Crippen molar-refractivity contribution in [1.82, 2.24) is 0 Å². The highest BCUT2D eigenvalue weighted by molar-refractivity contribution is 8.76. The SMILES string of the molecule is CC(C)(C)COS(=O)(=O)CCC(N)CSSCC(N)CCS(=O)(=O)OCC(C)(C)C. The molecule has 8 nitrogen and oxygen atoms in total. The minimum absolute atomic E-state index is 0.110. The topological polar surface area (TPSA) is 139 Å². The van der Waals surface area contributed by atoms with Crippen molar-refractivity contribution in [2.45, 2.75) is 66.5 Å². The molecule has 182 valence electrons. The zero-order valence-electron chi connectivity index (χ0n) is 19.0. The second-order valence-corrected chi connectivity index (χ2v) is 15.9. The van der Waals surface area contributed by atoms with Crippen LogP contribution in [-0.2, 0) is 28.6 Å². The van der Waals surface area contributed by atoms with E-state index in [2.05, 4.69) is 0 Å². The first-order chi connectivity index (χ1) is 13.4. The van der Waals surface area contributed by atoms with Gasteiger partial charge >= 0.3 is 0 Å². The monoisotopic (exact) mass is 508 g/mol. The summed E-state index contributed by atoms with van der Waals surface area (Å²) in [6, 6.07) is -0.559. The second kappa shape index (κ2) is 13.2. The van der Waals surface area contributed by atoms with Crippen molar-refractivity contribution in [1.29, 1.82) is 0 Å². The summed E-state index contributed by atoms with van der Waals surface area (Å²) in [5, 5.41) is 0. The molecule has 0 aromatic carbocycles. The Kier molecular flexibility index (Phi) is 13.4. The van der Waals surface area contributed by atoms with Crippen LogP contribution in [0.2, 0.25) is 0 Å². The first kappa shape index (κ1) is 30.4. The van der Waals surface area contributed by atoms with Gasteiger partial charge in [0, 0.05) is 23.6 Å². The fourth-order valence-electron chi connectivity index (χ4n) is 1.68. The van der Waals surface area contributed by atoms with Crippen LogP contribution in [0.3, 0.4) is 0 Å². The van der Waals surface area contributed by atoms with Gasteiger partial charge in [-0.05, 0) is 23.7 Å². The number of nitrogens with two attached hydrogens (primary N) is 2. The first-order valence-electron chi connectivity index (χ1n) is 9.91. The standard InChI is InChI=1S/C18H40N2O6S4/c1-17(2,3)13-25-29(21,22)9-7-15(19)11-27-28-12-16(20)8-10-30(23,24)26-14-18(4,5)6/h15-16H,7-14,19-20H2,1-6H3. The van der Waals surface area contributed by atoms with E-state index in [1.165, 1.54) is 21.6 Å². The summed E-state index contributed by atoms with van der Waals surface area (Å²) in [5.74, 6) is 0.918. The molecule has 0 saturated heterocycles. The Morgan fingerprint density at radius 1 is 0.700 bits per heavy atom. The van der Waals surface area contributed by atoms with Crippen LogP contribution >= 0.6 is 21.6 Å². The van der Waals surface area contributed by atoms with Gasteiger partial charge < -0.3 is 11.5 Å². The smallest absolute Gasteiger partial charge is 0.267 e. The minimum Gasteiger partial charge on any atom is -0.327 e. The maximum atomic E-state index is 11.9. The largest absolute Gasteiger partial charge is 0.327 e. The van der Waals surface area contributed by atoms with Crippen LogP contribution in [-0.4, -0.2) is 65.1 Å². The molecule has 2 unspecified atom stereocenters. The van der Waals surface area contributed by atoms with Crippen LogP contribution in [0.1, 0.15) is 54.4 Å². The third-order valence-electron chi connectivity index (χ3n) is 3.47. The Labute approximate surface area is 191 Å². The van der Waals surface area contributed by atoms with E-state index in [1.54, 1.807) is 0 Å². The molecule has 0 aromatic heterocycles. The Morgan fingerprint density at radius 3 is 1.27 bits per heavy atom. The molecule has 12 heteroatoms. The maximum absolute atomic E-state index is 11.9. The summed E-state index contributed by atoms with van der Waals surface area (Å²) in [5.41, 5.74) is 11.5. The van der Waals surface area contributed by atoms with Gasteiger partial charge in [0.1, 0.15) is 0 Å². The summed E-state index contributed by atoms with van der Waals surface area (Å²) >= 11 is 0. The van der Waals surface area contributed by atoms with Crippen LogP contribution in [0, 0.1) is 10.8 Å². The third kappa shape index (κ3) is 19.1. The van der Waals surface area contributed by atoms with E-state index in [0.29, 0.717) is 24.3 Å². The fourth-order valence-corrected chi connectivity index (χ4v) is 6.67. The quantitative estimate of drug-likeness (QED) is 0.193. The van der Waals surface area contributed by atoms with E-state index in [4.69, 9.17) is 19.8 Å². The number of hydrogen-bond donors (Lipinski definition) is 2. The van der Waals surface area contributed by atoms with Crippen molar-refractivity contribution >= 4 is 41.8 Å². The lowest BCUT2D eigenvalue weighted by atomic mass is 9.99. The van der Waals surface area contributed by atoms with Gasteiger partial charge in [0.25, 0.3) is 20.2 Å². The van der Waals surface area contributed by atoms with Gasteiger partial charge in [-0.3, -0.25) is 8.37 Å². The zero-order chi connectivity index (χ0) is 23.6. The molecule has 0 radical (unpaired) electrons. The van der Waals surface area contributed by atoms with Crippen molar-refractivity contribution in [3.63, 3.8) is 0 Å². The summed E-state index contributed by atoms with van der Waals surface area (Å²) in [6.07, 6.45) is 0.630. The third-order valence-corrected chi connectivity index (χ3v) is 8.50. The number of rotatable bonds is 15. The maximum Gasteiger partial charge on any atom is 0.267 e. The molecular weight excluding hydrogens is 468 g/mol. The highest BCUT2D eigenvalue weighted by Gasteiger charge is 2.20. The van der Waals surface area contributed by atoms with E-state index < -0.39 is 20.2 Å². The van der Waals surface area contributed by atoms with Gasteiger partial charge in [-0.15, -0.1) is 0 Å². The van der Waals surface area contributed by atoms with Crippen LogP contribution in [0.5, 0.6) is 0 Å². The summed E-state index contributed by atoms with van der Waals surface area (Å²) < 4.78 is 57.6. The van der Waals surface area contributed by atoms with E-state index >= 15 is 0 Å². The van der Waals surface area contributed by atoms with Gasteiger partial charge in [0.2, 0.25) is 0 Å². The lowest BCUT2D eigenvalue weighted by molar-refractivity contribution is 0.203. The van der Waals surface area contributed by atoms with Gasteiger partial charge in [-0.25, -0.2) is 0 Å². The Balaban J connectivity index is 4.00. The molecule has 2 atom stereocenters. The number of hydrogen-bond acceptors (Lipinski definition) is 10. The van der Waals surface area contributed by atoms with Gasteiger partial charge in [-0.2, -0.15) is 16.8 Å². The van der Waals surface area contributed by atoms with Crippen LogP contribution < -0.4 is 11.5 Å². The highest BCUT2D eigenvalue weighted by atomic mass is 33.1. The molecule has 4 N–H and O–H groups in total. The van der Waals surface area contributed by atoms with Gasteiger partial charge in [0.05, 0.1) is 24.7 Å². The molecule has 0 aliphatic heterocycles. The summed E-state index contributed by atoms with van der Waals surface area (Å²) in [6.45, 7) is 11.7. The predicted molar refractivity (Wildman–Crippen MR) is 128 cm³/mol. The normalized spacial score (nSPS) is 15.9. The molecule has 0 bridgehead atoms. The molecule has 0 aliphatic carbocycles.